The topological polar surface area (TPSA) is 81.5 Å². The number of aliphatic imine (C=N–C) groups is 1. The zero-order valence-corrected chi connectivity index (χ0v) is 8.21. The van der Waals surface area contributed by atoms with Crippen LogP contribution < -0.4 is 11.5 Å². The van der Waals surface area contributed by atoms with Crippen molar-refractivity contribution >= 4 is 11.9 Å². The van der Waals surface area contributed by atoms with Crippen LogP contribution in [-0.2, 0) is 4.79 Å². The number of rotatable bonds is 3. The molecule has 0 aliphatic carbocycles. The number of halogens is 3. The Morgan fingerprint density at radius 2 is 1.81 bits per heavy atom. The molecule has 4 N–H and O–H groups in total. The lowest BCUT2D eigenvalue weighted by molar-refractivity contribution is -0.114. The average molecular weight is 233 g/mol. The van der Waals surface area contributed by atoms with Crippen molar-refractivity contribution < 1.29 is 18.0 Å². The lowest BCUT2D eigenvalue weighted by Gasteiger charge is -2.06. The molecule has 16 heavy (non-hydrogen) atoms. The minimum Gasteiger partial charge on any atom is -0.370 e. The van der Waals surface area contributed by atoms with Crippen molar-refractivity contribution in [2.75, 3.05) is 0 Å². The minimum atomic E-state index is -4.62. The molecule has 0 rings (SSSR count). The first-order valence-electron chi connectivity index (χ1n) is 3.92. The van der Waals surface area contributed by atoms with E-state index in [1.165, 1.54) is 0 Å². The maximum Gasteiger partial charge on any atom is 0.415 e. The monoisotopic (exact) mass is 233 g/mol. The van der Waals surface area contributed by atoms with E-state index in [4.69, 9.17) is 11.5 Å². The number of hydrogen-bond donors (Lipinski definition) is 2. The quantitative estimate of drug-likeness (QED) is 0.330. The smallest absolute Gasteiger partial charge is 0.370 e. The van der Waals surface area contributed by atoms with E-state index in [-0.39, 0.29) is 0 Å². The van der Waals surface area contributed by atoms with E-state index in [0.29, 0.717) is 6.08 Å². The summed E-state index contributed by atoms with van der Waals surface area (Å²) in [6.45, 7) is 5.94. The van der Waals surface area contributed by atoms with Crippen LogP contribution >= 0.6 is 0 Å². The van der Waals surface area contributed by atoms with E-state index in [1.807, 2.05) is 0 Å². The Morgan fingerprint density at radius 3 is 2.12 bits per heavy atom. The highest BCUT2D eigenvalue weighted by atomic mass is 19.4. The molecule has 0 saturated carbocycles. The van der Waals surface area contributed by atoms with Gasteiger partial charge < -0.3 is 11.5 Å². The number of nitrogens with zero attached hydrogens (tertiary/aromatic N) is 1. The number of allylic oxidation sites excluding steroid dienone is 2. The molecule has 0 saturated heterocycles. The van der Waals surface area contributed by atoms with Crippen LogP contribution in [0.2, 0.25) is 0 Å². The Morgan fingerprint density at radius 1 is 1.31 bits per heavy atom. The van der Waals surface area contributed by atoms with Crippen LogP contribution in [0.25, 0.3) is 0 Å². The van der Waals surface area contributed by atoms with Crippen molar-refractivity contribution in [2.45, 2.75) is 6.18 Å². The van der Waals surface area contributed by atoms with Crippen molar-refractivity contribution in [1.82, 2.24) is 0 Å². The molecule has 0 bridgehead atoms. The zero-order chi connectivity index (χ0) is 12.9. The van der Waals surface area contributed by atoms with Gasteiger partial charge in [0.1, 0.15) is 0 Å². The van der Waals surface area contributed by atoms with E-state index >= 15 is 0 Å². The summed E-state index contributed by atoms with van der Waals surface area (Å²) in [5, 5.41) is 0. The van der Waals surface area contributed by atoms with Gasteiger partial charge in [0.2, 0.25) is 0 Å². The van der Waals surface area contributed by atoms with E-state index in [1.54, 1.807) is 0 Å². The number of carbonyl (C=O) groups excluding carboxylic acids is 1. The van der Waals surface area contributed by atoms with Gasteiger partial charge in [0.25, 0.3) is 5.91 Å². The molecular weight excluding hydrogens is 223 g/mol. The summed E-state index contributed by atoms with van der Waals surface area (Å²) in [7, 11) is 0. The number of amides is 1. The molecule has 0 spiro atoms. The number of carbonyl (C=O) groups is 1. The molecule has 4 nitrogen and oxygen atoms in total. The lowest BCUT2D eigenvalue weighted by atomic mass is 10.1. The third-order valence-corrected chi connectivity index (χ3v) is 1.39. The first-order valence-corrected chi connectivity index (χ1v) is 3.92. The Kier molecular flexibility index (Phi) is 4.49. The SMILES string of the molecule is C=CC(=CC(=C)C(F)(F)F)C(=O)N=C(N)N. The van der Waals surface area contributed by atoms with Crippen molar-refractivity contribution in [3.63, 3.8) is 0 Å². The molecule has 0 aromatic carbocycles. The molecule has 88 valence electrons. The molecule has 7 heteroatoms. The summed E-state index contributed by atoms with van der Waals surface area (Å²) in [5.41, 5.74) is 8.22. The maximum atomic E-state index is 12.1. The second-order valence-electron chi connectivity index (χ2n) is 2.67. The van der Waals surface area contributed by atoms with Gasteiger partial charge in [0, 0.05) is 11.1 Å². The Labute approximate surface area is 89.8 Å². The summed E-state index contributed by atoms with van der Waals surface area (Å²) in [5.74, 6) is -1.56. The molecule has 0 unspecified atom stereocenters. The summed E-state index contributed by atoms with van der Waals surface area (Å²) in [4.78, 5) is 14.2. The summed E-state index contributed by atoms with van der Waals surface area (Å²) in [6.07, 6.45) is -3.19. The van der Waals surface area contributed by atoms with E-state index in [0.717, 1.165) is 6.08 Å². The highest BCUT2D eigenvalue weighted by Crippen LogP contribution is 2.26. The molecule has 0 fully saturated rings. The fourth-order valence-corrected chi connectivity index (χ4v) is 0.659. The predicted octanol–water partition coefficient (Wildman–Crippen LogP) is 1.02. The zero-order valence-electron chi connectivity index (χ0n) is 8.21. The normalized spacial score (nSPS) is 11.8. The van der Waals surface area contributed by atoms with Crippen molar-refractivity contribution in [3.8, 4) is 0 Å². The van der Waals surface area contributed by atoms with E-state index in [9.17, 15) is 18.0 Å². The van der Waals surface area contributed by atoms with Crippen LogP contribution in [0.5, 0.6) is 0 Å². The highest BCUT2D eigenvalue weighted by molar-refractivity contribution is 6.03. The van der Waals surface area contributed by atoms with Gasteiger partial charge in [-0.25, -0.2) is 0 Å². The Balaban J connectivity index is 5.10. The van der Waals surface area contributed by atoms with Gasteiger partial charge in [-0.2, -0.15) is 18.2 Å². The van der Waals surface area contributed by atoms with Gasteiger partial charge >= 0.3 is 6.18 Å². The van der Waals surface area contributed by atoms with Crippen LogP contribution in [0, 0.1) is 0 Å². The lowest BCUT2D eigenvalue weighted by Crippen LogP contribution is -2.24. The fourth-order valence-electron chi connectivity index (χ4n) is 0.659. The number of hydrogen-bond acceptors (Lipinski definition) is 1. The van der Waals surface area contributed by atoms with Crippen LogP contribution in [0.4, 0.5) is 13.2 Å². The molecule has 0 heterocycles. The summed E-state index contributed by atoms with van der Waals surface area (Å²) < 4.78 is 36.3. The Hall–Kier alpha value is -2.05. The Bertz CT molecular complexity index is 376. The molecule has 0 aromatic heterocycles. The average Bonchev–Trinajstić information content (AvgIpc) is 2.10. The summed E-state index contributed by atoms with van der Waals surface area (Å²) in [6, 6.07) is 0. The second kappa shape index (κ2) is 5.15. The first kappa shape index (κ1) is 13.9. The number of nitrogens with two attached hydrogens (primary N) is 2. The number of alkyl halides is 3. The minimum absolute atomic E-state index is 0.393. The van der Waals surface area contributed by atoms with Gasteiger partial charge in [-0.1, -0.05) is 19.2 Å². The second-order valence-corrected chi connectivity index (χ2v) is 2.67. The van der Waals surface area contributed by atoms with Gasteiger partial charge in [0.05, 0.1) is 0 Å². The maximum absolute atomic E-state index is 12.1. The van der Waals surface area contributed by atoms with Crippen LogP contribution in [0.1, 0.15) is 0 Å². The molecule has 0 aliphatic rings. The predicted molar refractivity (Wildman–Crippen MR) is 54.3 cm³/mol. The largest absolute Gasteiger partial charge is 0.415 e. The van der Waals surface area contributed by atoms with Crippen molar-refractivity contribution in [2.24, 2.45) is 16.5 Å². The first-order chi connectivity index (χ1) is 7.18. The molecular formula is C9H10F3N3O. The third kappa shape index (κ3) is 4.45. The van der Waals surface area contributed by atoms with Gasteiger partial charge in [0.15, 0.2) is 5.96 Å². The van der Waals surface area contributed by atoms with Crippen molar-refractivity contribution in [1.29, 1.82) is 0 Å². The molecule has 1 amide bonds. The standard InChI is InChI=1S/C9H10F3N3O/c1-3-6(7(16)15-8(13)14)4-5(2)9(10,11)12/h3-4H,1-2H2,(H4,13,14,15,16). The van der Waals surface area contributed by atoms with Gasteiger partial charge in [-0.3, -0.25) is 4.79 Å². The van der Waals surface area contributed by atoms with Gasteiger partial charge in [-0.05, 0) is 6.08 Å². The summed E-state index contributed by atoms with van der Waals surface area (Å²) >= 11 is 0. The molecule has 0 atom stereocenters. The van der Waals surface area contributed by atoms with Crippen LogP contribution in [-0.4, -0.2) is 18.0 Å². The molecule has 0 aromatic rings. The van der Waals surface area contributed by atoms with Crippen LogP contribution in [0.15, 0.2) is 41.4 Å². The van der Waals surface area contributed by atoms with Gasteiger partial charge in [-0.15, -0.1) is 0 Å². The highest BCUT2D eigenvalue weighted by Gasteiger charge is 2.30. The molecule has 0 radical (unpaired) electrons. The molecule has 0 aliphatic heterocycles. The van der Waals surface area contributed by atoms with Crippen LogP contribution in [0.3, 0.4) is 0 Å². The van der Waals surface area contributed by atoms with E-state index in [2.05, 4.69) is 18.2 Å². The van der Waals surface area contributed by atoms with E-state index < -0.39 is 29.2 Å². The number of guanidine groups is 1. The van der Waals surface area contributed by atoms with Crippen molar-refractivity contribution in [3.05, 3.63) is 36.5 Å². The fraction of sp³-hybridized carbons (Fsp3) is 0.111. The third-order valence-electron chi connectivity index (χ3n) is 1.39.